The Balaban J connectivity index is 2.11. The van der Waals surface area contributed by atoms with Crippen molar-refractivity contribution in [1.82, 2.24) is 10.2 Å². The van der Waals surface area contributed by atoms with Crippen LogP contribution in [0, 0.1) is 0 Å². The number of hydrogen-bond donors (Lipinski definition) is 1. The van der Waals surface area contributed by atoms with Gasteiger partial charge in [0, 0.05) is 34.2 Å². The third-order valence-corrected chi connectivity index (χ3v) is 5.74. The second kappa shape index (κ2) is 11.4. The molecule has 2 rings (SSSR count). The van der Waals surface area contributed by atoms with Gasteiger partial charge in [0.05, 0.1) is 0 Å². The molecular formula is C24H31ClN2O2S. The number of nitrogens with one attached hydrogen (secondary N) is 1. The molecule has 2 amide bonds. The molecule has 4 nitrogen and oxygen atoms in total. The van der Waals surface area contributed by atoms with E-state index >= 15 is 0 Å². The second-order valence-corrected chi connectivity index (χ2v) is 9.83. The van der Waals surface area contributed by atoms with Gasteiger partial charge in [0.1, 0.15) is 6.04 Å². The summed E-state index contributed by atoms with van der Waals surface area (Å²) in [5.41, 5.74) is 0.661. The highest BCUT2D eigenvalue weighted by atomic mass is 35.5. The van der Waals surface area contributed by atoms with E-state index < -0.39 is 6.04 Å². The fraction of sp³-hybridized carbons (Fsp3) is 0.417. The molecule has 2 aromatic rings. The highest BCUT2D eigenvalue weighted by Gasteiger charge is 2.30. The monoisotopic (exact) mass is 446 g/mol. The van der Waals surface area contributed by atoms with Gasteiger partial charge >= 0.3 is 0 Å². The number of thioether (sulfide) groups is 1. The maximum atomic E-state index is 13.2. The molecule has 0 aliphatic heterocycles. The van der Waals surface area contributed by atoms with Crippen molar-refractivity contribution in [2.75, 3.05) is 5.75 Å². The fourth-order valence-corrected chi connectivity index (χ4v) is 4.05. The molecule has 0 aromatic heterocycles. The smallest absolute Gasteiger partial charge is 0.243 e. The fourth-order valence-electron chi connectivity index (χ4n) is 3.08. The molecule has 1 atom stereocenters. The van der Waals surface area contributed by atoms with Crippen LogP contribution in [0.2, 0.25) is 5.02 Å². The Kier molecular flexibility index (Phi) is 9.25. The molecule has 1 unspecified atom stereocenters. The van der Waals surface area contributed by atoms with Crippen molar-refractivity contribution in [3.63, 3.8) is 0 Å². The lowest BCUT2D eigenvalue weighted by atomic mass is 10.1. The first kappa shape index (κ1) is 24.3. The minimum atomic E-state index is -0.502. The van der Waals surface area contributed by atoms with Crippen LogP contribution in [0.25, 0.3) is 0 Å². The summed E-state index contributed by atoms with van der Waals surface area (Å²) in [4.78, 5) is 28.9. The minimum absolute atomic E-state index is 0.0174. The second-order valence-electron chi connectivity index (χ2n) is 8.22. The van der Waals surface area contributed by atoms with Gasteiger partial charge in [0.25, 0.3) is 0 Å². The van der Waals surface area contributed by atoms with Gasteiger partial charge in [-0.05, 0) is 57.0 Å². The maximum Gasteiger partial charge on any atom is 0.243 e. The normalized spacial score (nSPS) is 12.3. The van der Waals surface area contributed by atoms with Crippen LogP contribution in [-0.2, 0) is 16.1 Å². The van der Waals surface area contributed by atoms with Crippen LogP contribution in [0.3, 0.4) is 0 Å². The lowest BCUT2D eigenvalue weighted by Crippen LogP contribution is -2.53. The summed E-state index contributed by atoms with van der Waals surface area (Å²) in [7, 11) is 0. The van der Waals surface area contributed by atoms with Crippen LogP contribution < -0.4 is 5.32 Å². The van der Waals surface area contributed by atoms with E-state index in [-0.39, 0.29) is 17.4 Å². The summed E-state index contributed by atoms with van der Waals surface area (Å²) >= 11 is 7.55. The molecule has 1 N–H and O–H groups in total. The van der Waals surface area contributed by atoms with Crippen molar-refractivity contribution in [3.8, 4) is 0 Å². The molecule has 162 valence electrons. The van der Waals surface area contributed by atoms with E-state index in [1.165, 1.54) is 0 Å². The predicted octanol–water partition coefficient (Wildman–Crippen LogP) is 5.54. The predicted molar refractivity (Wildman–Crippen MR) is 126 cm³/mol. The Morgan fingerprint density at radius 2 is 1.70 bits per heavy atom. The van der Waals surface area contributed by atoms with E-state index in [1.807, 2.05) is 82.3 Å². The summed E-state index contributed by atoms with van der Waals surface area (Å²) in [6.45, 7) is 8.21. The Morgan fingerprint density at radius 3 is 2.27 bits per heavy atom. The number of rotatable bonds is 9. The van der Waals surface area contributed by atoms with E-state index in [4.69, 9.17) is 11.6 Å². The maximum absolute atomic E-state index is 13.2. The average Bonchev–Trinajstić information content (AvgIpc) is 2.68. The zero-order valence-corrected chi connectivity index (χ0v) is 19.7. The SMILES string of the molecule is CCC(C(=O)NC(C)(C)C)N(Cc1ccccc1)C(=O)CCSc1ccc(Cl)cc1. The van der Waals surface area contributed by atoms with Gasteiger partial charge in [0.2, 0.25) is 11.8 Å². The largest absolute Gasteiger partial charge is 0.350 e. The van der Waals surface area contributed by atoms with Crippen molar-refractivity contribution in [2.24, 2.45) is 0 Å². The molecule has 0 aliphatic carbocycles. The van der Waals surface area contributed by atoms with Gasteiger partial charge < -0.3 is 10.2 Å². The van der Waals surface area contributed by atoms with Crippen molar-refractivity contribution in [3.05, 3.63) is 65.2 Å². The molecule has 0 aliphatic rings. The number of benzene rings is 2. The molecule has 30 heavy (non-hydrogen) atoms. The molecular weight excluding hydrogens is 416 g/mol. The number of halogens is 1. The number of hydrogen-bond acceptors (Lipinski definition) is 3. The van der Waals surface area contributed by atoms with Crippen molar-refractivity contribution in [1.29, 1.82) is 0 Å². The molecule has 0 saturated carbocycles. The van der Waals surface area contributed by atoms with Gasteiger partial charge in [0.15, 0.2) is 0 Å². The number of amides is 2. The van der Waals surface area contributed by atoms with Crippen LogP contribution in [0.4, 0.5) is 0 Å². The number of carbonyl (C=O) groups is 2. The third-order valence-electron chi connectivity index (χ3n) is 4.48. The average molecular weight is 447 g/mol. The Labute approximate surface area is 189 Å². The summed E-state index contributed by atoms with van der Waals surface area (Å²) in [6, 6.07) is 16.9. The Morgan fingerprint density at radius 1 is 1.07 bits per heavy atom. The summed E-state index contributed by atoms with van der Waals surface area (Å²) < 4.78 is 0. The number of carbonyl (C=O) groups excluding carboxylic acids is 2. The number of nitrogens with zero attached hydrogens (tertiary/aromatic N) is 1. The topological polar surface area (TPSA) is 49.4 Å². The van der Waals surface area contributed by atoms with Gasteiger partial charge in [-0.25, -0.2) is 0 Å². The summed E-state index contributed by atoms with van der Waals surface area (Å²) in [5, 5.41) is 3.72. The quantitative estimate of drug-likeness (QED) is 0.514. The van der Waals surface area contributed by atoms with Gasteiger partial charge in [-0.1, -0.05) is 48.9 Å². The standard InChI is InChI=1S/C24H31ClN2O2S/c1-5-21(23(29)26-24(2,3)4)27(17-18-9-7-6-8-10-18)22(28)15-16-30-20-13-11-19(25)12-14-20/h6-14,21H,5,15-17H2,1-4H3,(H,26,29). The van der Waals surface area contributed by atoms with Gasteiger partial charge in [-0.15, -0.1) is 11.8 Å². The molecule has 0 radical (unpaired) electrons. The van der Waals surface area contributed by atoms with E-state index in [0.717, 1.165) is 10.5 Å². The molecule has 0 bridgehead atoms. The van der Waals surface area contributed by atoms with E-state index in [9.17, 15) is 9.59 Å². The zero-order chi connectivity index (χ0) is 22.1. The van der Waals surface area contributed by atoms with Gasteiger partial charge in [-0.3, -0.25) is 9.59 Å². The van der Waals surface area contributed by atoms with Crippen LogP contribution in [0.1, 0.15) is 46.1 Å². The van der Waals surface area contributed by atoms with Gasteiger partial charge in [-0.2, -0.15) is 0 Å². The van der Waals surface area contributed by atoms with E-state index in [2.05, 4.69) is 5.32 Å². The highest BCUT2D eigenvalue weighted by molar-refractivity contribution is 7.99. The first-order valence-electron chi connectivity index (χ1n) is 10.2. The zero-order valence-electron chi connectivity index (χ0n) is 18.2. The first-order chi connectivity index (χ1) is 14.2. The van der Waals surface area contributed by atoms with Crippen LogP contribution in [0.5, 0.6) is 0 Å². The molecule has 0 heterocycles. The summed E-state index contributed by atoms with van der Waals surface area (Å²) in [6.07, 6.45) is 0.921. The Bertz CT molecular complexity index is 819. The lowest BCUT2D eigenvalue weighted by molar-refractivity contribution is -0.141. The van der Waals surface area contributed by atoms with Crippen LogP contribution in [0.15, 0.2) is 59.5 Å². The highest BCUT2D eigenvalue weighted by Crippen LogP contribution is 2.22. The van der Waals surface area contributed by atoms with E-state index in [1.54, 1.807) is 16.7 Å². The minimum Gasteiger partial charge on any atom is -0.350 e. The van der Waals surface area contributed by atoms with Crippen LogP contribution in [-0.4, -0.2) is 34.0 Å². The molecule has 0 saturated heterocycles. The molecule has 6 heteroatoms. The van der Waals surface area contributed by atoms with E-state index in [0.29, 0.717) is 30.2 Å². The summed E-state index contributed by atoms with van der Waals surface area (Å²) in [5.74, 6) is 0.513. The van der Waals surface area contributed by atoms with Crippen molar-refractivity contribution >= 4 is 35.2 Å². The molecule has 2 aromatic carbocycles. The molecule has 0 spiro atoms. The lowest BCUT2D eigenvalue weighted by Gasteiger charge is -2.33. The third kappa shape index (κ3) is 8.04. The Hall–Kier alpha value is -1.98. The van der Waals surface area contributed by atoms with Crippen molar-refractivity contribution < 1.29 is 9.59 Å². The molecule has 0 fully saturated rings. The van der Waals surface area contributed by atoms with Crippen molar-refractivity contribution in [2.45, 2.75) is 63.6 Å². The first-order valence-corrected chi connectivity index (χ1v) is 11.6. The van der Waals surface area contributed by atoms with Crippen LogP contribution >= 0.6 is 23.4 Å².